The number of benzene rings is 2. The highest BCUT2D eigenvalue weighted by atomic mass is 35.5. The van der Waals surface area contributed by atoms with Crippen molar-refractivity contribution in [3.05, 3.63) is 58.1 Å². The van der Waals surface area contributed by atoms with E-state index >= 15 is 0 Å². The Kier molecular flexibility index (Phi) is 10.0. The molecule has 2 amide bonds. The smallest absolute Gasteiger partial charge is 0.244 e. The van der Waals surface area contributed by atoms with Crippen molar-refractivity contribution >= 4 is 50.7 Å². The molecule has 186 valence electrons. The van der Waals surface area contributed by atoms with E-state index in [2.05, 4.69) is 5.32 Å². The molecule has 8 nitrogen and oxygen atoms in total. The van der Waals surface area contributed by atoms with E-state index in [4.69, 9.17) is 27.9 Å². The van der Waals surface area contributed by atoms with Crippen LogP contribution in [0.25, 0.3) is 0 Å². The van der Waals surface area contributed by atoms with Gasteiger partial charge in [0.05, 0.1) is 24.1 Å². The standard InChI is InChI=1S/C23H29Cl2N3O5S/c1-5-12-26-23(30)16(2)27(14-17-6-9-19(33-3)10-7-17)22(29)15-28(34(4,31)32)21-11-8-18(24)13-20(21)25/h6-11,13,16H,5,12,14-15H2,1-4H3,(H,26,30)/t16-/m1/s1. The van der Waals surface area contributed by atoms with Crippen molar-refractivity contribution in [3.63, 3.8) is 0 Å². The monoisotopic (exact) mass is 529 g/mol. The maximum Gasteiger partial charge on any atom is 0.244 e. The van der Waals surface area contributed by atoms with E-state index in [-0.39, 0.29) is 23.2 Å². The quantitative estimate of drug-likeness (QED) is 0.478. The molecule has 2 aromatic carbocycles. The zero-order valence-electron chi connectivity index (χ0n) is 19.5. The van der Waals surface area contributed by atoms with Gasteiger partial charge < -0.3 is 15.0 Å². The highest BCUT2D eigenvalue weighted by Gasteiger charge is 2.30. The first-order chi connectivity index (χ1) is 16.0. The van der Waals surface area contributed by atoms with E-state index in [1.54, 1.807) is 38.3 Å². The van der Waals surface area contributed by atoms with Crippen LogP contribution < -0.4 is 14.4 Å². The summed E-state index contributed by atoms with van der Waals surface area (Å²) in [6.45, 7) is 3.54. The Morgan fingerprint density at radius 1 is 1.12 bits per heavy atom. The number of nitrogens with zero attached hydrogens (tertiary/aromatic N) is 2. The van der Waals surface area contributed by atoms with Gasteiger partial charge in [-0.1, -0.05) is 42.3 Å². The fraction of sp³-hybridized carbons (Fsp3) is 0.391. The molecular formula is C23H29Cl2N3O5S. The number of anilines is 1. The molecule has 0 aromatic heterocycles. The summed E-state index contributed by atoms with van der Waals surface area (Å²) in [7, 11) is -2.33. The van der Waals surface area contributed by atoms with Crippen molar-refractivity contribution in [1.82, 2.24) is 10.2 Å². The molecule has 0 unspecified atom stereocenters. The number of methoxy groups -OCH3 is 1. The first kappa shape index (κ1) is 27.8. The lowest BCUT2D eigenvalue weighted by atomic mass is 10.1. The summed E-state index contributed by atoms with van der Waals surface area (Å²) < 4.78 is 31.2. The molecule has 34 heavy (non-hydrogen) atoms. The van der Waals surface area contributed by atoms with Crippen molar-refractivity contribution in [1.29, 1.82) is 0 Å². The van der Waals surface area contributed by atoms with Crippen LogP contribution in [-0.4, -0.2) is 57.6 Å². The Morgan fingerprint density at radius 3 is 2.29 bits per heavy atom. The number of carbonyl (C=O) groups excluding carboxylic acids is 2. The van der Waals surface area contributed by atoms with Crippen LogP contribution in [0.2, 0.25) is 10.0 Å². The zero-order chi connectivity index (χ0) is 25.5. The SMILES string of the molecule is CCCNC(=O)[C@@H](C)N(Cc1ccc(OC)cc1)C(=O)CN(c1ccc(Cl)cc1Cl)S(C)(=O)=O. The van der Waals surface area contributed by atoms with Crippen LogP contribution in [0.15, 0.2) is 42.5 Å². The van der Waals surface area contributed by atoms with Gasteiger partial charge in [0.15, 0.2) is 0 Å². The highest BCUT2D eigenvalue weighted by molar-refractivity contribution is 7.92. The third-order valence-corrected chi connectivity index (χ3v) is 6.75. The van der Waals surface area contributed by atoms with Gasteiger partial charge in [-0.3, -0.25) is 13.9 Å². The maximum atomic E-state index is 13.4. The minimum absolute atomic E-state index is 0.0844. The summed E-state index contributed by atoms with van der Waals surface area (Å²) >= 11 is 12.2. The fourth-order valence-electron chi connectivity index (χ4n) is 3.18. The van der Waals surface area contributed by atoms with Gasteiger partial charge >= 0.3 is 0 Å². The number of sulfonamides is 1. The molecule has 0 fully saturated rings. The molecule has 0 aliphatic heterocycles. The Morgan fingerprint density at radius 2 is 1.76 bits per heavy atom. The number of hydrogen-bond acceptors (Lipinski definition) is 5. The average Bonchev–Trinajstić information content (AvgIpc) is 2.79. The van der Waals surface area contributed by atoms with Gasteiger partial charge in [-0.15, -0.1) is 0 Å². The second kappa shape index (κ2) is 12.3. The van der Waals surface area contributed by atoms with Gasteiger partial charge in [0.1, 0.15) is 18.3 Å². The van der Waals surface area contributed by atoms with Gasteiger partial charge in [0.25, 0.3) is 0 Å². The van der Waals surface area contributed by atoms with Crippen LogP contribution in [0.5, 0.6) is 5.75 Å². The third-order valence-electron chi connectivity index (χ3n) is 5.09. The summed E-state index contributed by atoms with van der Waals surface area (Å²) in [5.74, 6) is -0.249. The van der Waals surface area contributed by atoms with Crippen molar-refractivity contribution in [3.8, 4) is 5.75 Å². The molecule has 2 aromatic rings. The summed E-state index contributed by atoms with van der Waals surface area (Å²) in [4.78, 5) is 27.5. The minimum atomic E-state index is -3.88. The molecule has 2 rings (SSSR count). The van der Waals surface area contributed by atoms with Crippen molar-refractivity contribution in [2.75, 3.05) is 30.8 Å². The van der Waals surface area contributed by atoms with E-state index in [9.17, 15) is 18.0 Å². The number of nitrogens with one attached hydrogen (secondary N) is 1. The summed E-state index contributed by atoms with van der Waals surface area (Å²) in [6, 6.07) is 10.5. The zero-order valence-corrected chi connectivity index (χ0v) is 21.9. The van der Waals surface area contributed by atoms with Crippen LogP contribution in [0.4, 0.5) is 5.69 Å². The molecule has 0 aliphatic rings. The van der Waals surface area contributed by atoms with Crippen LogP contribution in [0, 0.1) is 0 Å². The number of halogens is 2. The predicted molar refractivity (Wildman–Crippen MR) is 135 cm³/mol. The van der Waals surface area contributed by atoms with Crippen LogP contribution in [0.3, 0.4) is 0 Å². The molecule has 0 heterocycles. The topological polar surface area (TPSA) is 96.0 Å². The maximum absolute atomic E-state index is 13.4. The number of hydrogen-bond donors (Lipinski definition) is 1. The van der Waals surface area contributed by atoms with E-state index in [0.717, 1.165) is 22.5 Å². The van der Waals surface area contributed by atoms with Gasteiger partial charge in [-0.25, -0.2) is 8.42 Å². The normalized spacial score (nSPS) is 12.1. The van der Waals surface area contributed by atoms with Crippen molar-refractivity contribution < 1.29 is 22.7 Å². The number of amides is 2. The molecule has 0 bridgehead atoms. The van der Waals surface area contributed by atoms with Gasteiger partial charge in [-0.2, -0.15) is 0 Å². The summed E-state index contributed by atoms with van der Waals surface area (Å²) in [5, 5.41) is 3.20. The van der Waals surface area contributed by atoms with Gasteiger partial charge in [0.2, 0.25) is 21.8 Å². The Labute approximate surface area is 210 Å². The van der Waals surface area contributed by atoms with Crippen molar-refractivity contribution in [2.24, 2.45) is 0 Å². The van der Waals surface area contributed by atoms with Crippen molar-refractivity contribution in [2.45, 2.75) is 32.9 Å². The van der Waals surface area contributed by atoms with E-state index < -0.39 is 28.5 Å². The van der Waals surface area contributed by atoms with Gasteiger partial charge in [0, 0.05) is 18.1 Å². The number of ether oxygens (including phenoxy) is 1. The summed E-state index contributed by atoms with van der Waals surface area (Å²) in [6.07, 6.45) is 1.72. The third kappa shape index (κ3) is 7.51. The molecule has 0 aliphatic carbocycles. The predicted octanol–water partition coefficient (Wildman–Crippen LogP) is 3.71. The van der Waals surface area contributed by atoms with E-state index in [1.807, 2.05) is 6.92 Å². The van der Waals surface area contributed by atoms with Crippen LogP contribution >= 0.6 is 23.2 Å². The molecule has 11 heteroatoms. The van der Waals surface area contributed by atoms with Gasteiger partial charge in [-0.05, 0) is 49.2 Å². The molecule has 0 saturated heterocycles. The Balaban J connectivity index is 2.39. The lowest BCUT2D eigenvalue weighted by Gasteiger charge is -2.31. The lowest BCUT2D eigenvalue weighted by Crippen LogP contribution is -2.51. The second-order valence-electron chi connectivity index (χ2n) is 7.70. The summed E-state index contributed by atoms with van der Waals surface area (Å²) in [5.41, 5.74) is 0.870. The first-order valence-corrected chi connectivity index (χ1v) is 13.2. The van der Waals surface area contributed by atoms with Crippen LogP contribution in [0.1, 0.15) is 25.8 Å². The Bertz CT molecular complexity index is 1110. The van der Waals surface area contributed by atoms with Crippen LogP contribution in [-0.2, 0) is 26.2 Å². The molecule has 0 spiro atoms. The second-order valence-corrected chi connectivity index (χ2v) is 10.5. The minimum Gasteiger partial charge on any atom is -0.497 e. The molecule has 1 atom stereocenters. The fourth-order valence-corrected chi connectivity index (χ4v) is 4.61. The molecule has 1 N–H and O–H groups in total. The molecule has 0 saturated carbocycles. The number of carbonyl (C=O) groups is 2. The average molecular weight is 530 g/mol. The molecular weight excluding hydrogens is 501 g/mol. The van der Waals surface area contributed by atoms with E-state index in [1.165, 1.54) is 23.1 Å². The largest absolute Gasteiger partial charge is 0.497 e. The lowest BCUT2D eigenvalue weighted by molar-refractivity contribution is -0.139. The molecule has 0 radical (unpaired) electrons. The number of rotatable bonds is 11. The first-order valence-electron chi connectivity index (χ1n) is 10.6. The van der Waals surface area contributed by atoms with E-state index in [0.29, 0.717) is 17.3 Å². The highest BCUT2D eigenvalue weighted by Crippen LogP contribution is 2.30. The Hall–Kier alpha value is -2.49.